The van der Waals surface area contributed by atoms with Crippen LogP contribution in [0.1, 0.15) is 13.8 Å². The predicted molar refractivity (Wildman–Crippen MR) is 40.1 cm³/mol. The Morgan fingerprint density at radius 1 is 1.64 bits per heavy atom. The summed E-state index contributed by atoms with van der Waals surface area (Å²) in [5.41, 5.74) is 0. The fourth-order valence-corrected chi connectivity index (χ4v) is 1.46. The van der Waals surface area contributed by atoms with Gasteiger partial charge < -0.3 is 9.47 Å². The first-order chi connectivity index (χ1) is 5.16. The van der Waals surface area contributed by atoms with Crippen molar-refractivity contribution in [1.82, 2.24) is 0 Å². The molecule has 0 aromatic rings. The number of carbonyl (C=O) groups excluding carboxylic acids is 1. The zero-order chi connectivity index (χ0) is 8.43. The second kappa shape index (κ2) is 3.32. The van der Waals surface area contributed by atoms with Gasteiger partial charge in [0, 0.05) is 18.9 Å². The summed E-state index contributed by atoms with van der Waals surface area (Å²) in [7, 11) is 1.60. The molecule has 11 heavy (non-hydrogen) atoms. The number of hydrogen-bond acceptors (Lipinski definition) is 3. The van der Waals surface area contributed by atoms with Crippen LogP contribution in [0.4, 0.5) is 0 Å². The van der Waals surface area contributed by atoms with Gasteiger partial charge in [0.15, 0.2) is 6.29 Å². The molecule has 0 aromatic heterocycles. The van der Waals surface area contributed by atoms with Crippen LogP contribution in [0.5, 0.6) is 0 Å². The Hall–Kier alpha value is -0.410. The summed E-state index contributed by atoms with van der Waals surface area (Å²) >= 11 is 0. The highest BCUT2D eigenvalue weighted by Crippen LogP contribution is 2.27. The van der Waals surface area contributed by atoms with Crippen molar-refractivity contribution in [2.75, 3.05) is 13.7 Å². The lowest BCUT2D eigenvalue weighted by Gasteiger charge is -2.14. The molecule has 0 aromatic carbocycles. The molecular weight excluding hydrogens is 144 g/mol. The summed E-state index contributed by atoms with van der Waals surface area (Å²) in [6.45, 7) is 4.09. The summed E-state index contributed by atoms with van der Waals surface area (Å²) in [4.78, 5) is 11.0. The monoisotopic (exact) mass is 158 g/mol. The van der Waals surface area contributed by atoms with Gasteiger partial charge in [-0.15, -0.1) is 0 Å². The minimum absolute atomic E-state index is 0.0277. The maximum absolute atomic E-state index is 11.0. The van der Waals surface area contributed by atoms with E-state index < -0.39 is 0 Å². The molecule has 0 bridgehead atoms. The fraction of sp³-hybridized carbons (Fsp3) is 0.875. The number of Topliss-reactive ketones (excluding diaryl/α,β-unsaturated/α-hetero) is 1. The number of ketones is 1. The minimum Gasteiger partial charge on any atom is -0.356 e. The molecule has 1 fully saturated rings. The summed E-state index contributed by atoms with van der Waals surface area (Å²) in [6.07, 6.45) is -0.191. The van der Waals surface area contributed by atoms with E-state index in [0.29, 0.717) is 6.61 Å². The molecule has 1 heterocycles. The molecule has 1 aliphatic heterocycles. The predicted octanol–water partition coefficient (Wildman–Crippen LogP) is 0.830. The lowest BCUT2D eigenvalue weighted by Crippen LogP contribution is -2.22. The topological polar surface area (TPSA) is 35.5 Å². The molecule has 1 unspecified atom stereocenters. The van der Waals surface area contributed by atoms with E-state index in [4.69, 9.17) is 9.47 Å². The van der Waals surface area contributed by atoms with Gasteiger partial charge in [0.2, 0.25) is 0 Å². The average molecular weight is 158 g/mol. The number of hydrogen-bond donors (Lipinski definition) is 0. The summed E-state index contributed by atoms with van der Waals surface area (Å²) in [6, 6.07) is 0. The summed E-state index contributed by atoms with van der Waals surface area (Å²) in [5, 5.41) is 0. The Morgan fingerprint density at radius 3 is 2.55 bits per heavy atom. The first kappa shape index (κ1) is 8.68. The van der Waals surface area contributed by atoms with Crippen molar-refractivity contribution in [3.63, 3.8) is 0 Å². The van der Waals surface area contributed by atoms with Crippen LogP contribution >= 0.6 is 0 Å². The Labute approximate surface area is 66.7 Å². The van der Waals surface area contributed by atoms with Gasteiger partial charge in [-0.25, -0.2) is 0 Å². The highest BCUT2D eigenvalue weighted by molar-refractivity contribution is 5.79. The van der Waals surface area contributed by atoms with Gasteiger partial charge in [-0.3, -0.25) is 4.79 Å². The Kier molecular flexibility index (Phi) is 2.62. The van der Waals surface area contributed by atoms with E-state index >= 15 is 0 Å². The van der Waals surface area contributed by atoms with Crippen LogP contribution in [0.3, 0.4) is 0 Å². The van der Waals surface area contributed by atoms with E-state index in [1.165, 1.54) is 0 Å². The number of methoxy groups -OCH3 is 1. The standard InChI is InChI=1S/C8H14O3/c1-5-7(6(2)9)4-11-8(5)10-3/h5,7-8H,4H2,1-3H3/t5-,7-,8?/m1/s1. The number of rotatable bonds is 2. The van der Waals surface area contributed by atoms with Crippen LogP contribution in [0.15, 0.2) is 0 Å². The molecule has 1 saturated heterocycles. The summed E-state index contributed by atoms with van der Waals surface area (Å²) < 4.78 is 10.3. The van der Waals surface area contributed by atoms with Crippen molar-refractivity contribution in [3.8, 4) is 0 Å². The van der Waals surface area contributed by atoms with Crippen LogP contribution in [-0.4, -0.2) is 25.8 Å². The molecule has 1 rings (SSSR count). The molecule has 3 nitrogen and oxygen atoms in total. The van der Waals surface area contributed by atoms with Gasteiger partial charge in [0.05, 0.1) is 6.61 Å². The fourth-order valence-electron chi connectivity index (χ4n) is 1.46. The van der Waals surface area contributed by atoms with Gasteiger partial charge >= 0.3 is 0 Å². The van der Waals surface area contributed by atoms with Gasteiger partial charge in [-0.1, -0.05) is 6.92 Å². The SMILES string of the molecule is COC1OC[C@@H](C(C)=O)[C@H]1C. The van der Waals surface area contributed by atoms with Gasteiger partial charge in [-0.05, 0) is 6.92 Å². The zero-order valence-corrected chi connectivity index (χ0v) is 7.16. The molecule has 0 radical (unpaired) electrons. The largest absolute Gasteiger partial charge is 0.356 e. The molecule has 3 heteroatoms. The lowest BCUT2D eigenvalue weighted by molar-refractivity contribution is -0.122. The van der Waals surface area contributed by atoms with Crippen LogP contribution in [0, 0.1) is 11.8 Å². The normalized spacial score (nSPS) is 37.5. The van der Waals surface area contributed by atoms with Crippen molar-refractivity contribution in [2.45, 2.75) is 20.1 Å². The third-order valence-electron chi connectivity index (χ3n) is 2.26. The number of ether oxygens (including phenoxy) is 2. The Morgan fingerprint density at radius 2 is 2.27 bits per heavy atom. The first-order valence-corrected chi connectivity index (χ1v) is 3.81. The molecule has 1 aliphatic rings. The Bertz CT molecular complexity index is 155. The quantitative estimate of drug-likeness (QED) is 0.597. The highest BCUT2D eigenvalue weighted by Gasteiger charge is 2.36. The van der Waals surface area contributed by atoms with E-state index in [0.717, 1.165) is 0 Å². The van der Waals surface area contributed by atoms with Crippen molar-refractivity contribution in [2.24, 2.45) is 11.8 Å². The molecule has 0 amide bonds. The lowest BCUT2D eigenvalue weighted by atomic mass is 9.93. The van der Waals surface area contributed by atoms with Gasteiger partial charge in [0.25, 0.3) is 0 Å². The molecular formula is C8H14O3. The van der Waals surface area contributed by atoms with Crippen molar-refractivity contribution in [3.05, 3.63) is 0 Å². The van der Waals surface area contributed by atoms with E-state index in [1.54, 1.807) is 14.0 Å². The molecule has 0 N–H and O–H groups in total. The van der Waals surface area contributed by atoms with E-state index in [9.17, 15) is 4.79 Å². The van der Waals surface area contributed by atoms with Crippen LogP contribution < -0.4 is 0 Å². The smallest absolute Gasteiger partial charge is 0.160 e. The average Bonchev–Trinajstić information content (AvgIpc) is 2.30. The van der Waals surface area contributed by atoms with E-state index in [1.807, 2.05) is 6.92 Å². The second-order valence-corrected chi connectivity index (χ2v) is 3.01. The maximum atomic E-state index is 11.0. The van der Waals surface area contributed by atoms with Crippen molar-refractivity contribution >= 4 is 5.78 Å². The molecule has 0 saturated carbocycles. The van der Waals surface area contributed by atoms with Gasteiger partial charge in [-0.2, -0.15) is 0 Å². The van der Waals surface area contributed by atoms with Crippen LogP contribution in [0.25, 0.3) is 0 Å². The van der Waals surface area contributed by atoms with Crippen LogP contribution in [0.2, 0.25) is 0 Å². The van der Waals surface area contributed by atoms with Crippen molar-refractivity contribution < 1.29 is 14.3 Å². The highest BCUT2D eigenvalue weighted by atomic mass is 16.7. The third-order valence-corrected chi connectivity index (χ3v) is 2.26. The van der Waals surface area contributed by atoms with Crippen molar-refractivity contribution in [1.29, 1.82) is 0 Å². The zero-order valence-electron chi connectivity index (χ0n) is 7.16. The third kappa shape index (κ3) is 1.60. The molecule has 0 aliphatic carbocycles. The molecule has 0 spiro atoms. The van der Waals surface area contributed by atoms with E-state index in [-0.39, 0.29) is 23.9 Å². The summed E-state index contributed by atoms with van der Waals surface area (Å²) in [5.74, 6) is 0.412. The first-order valence-electron chi connectivity index (χ1n) is 3.81. The second-order valence-electron chi connectivity index (χ2n) is 3.01. The Balaban J connectivity index is 2.55. The van der Waals surface area contributed by atoms with Gasteiger partial charge in [0.1, 0.15) is 5.78 Å². The van der Waals surface area contributed by atoms with E-state index in [2.05, 4.69) is 0 Å². The maximum Gasteiger partial charge on any atom is 0.160 e. The minimum atomic E-state index is -0.191. The molecule has 3 atom stereocenters. The molecule has 64 valence electrons. The van der Waals surface area contributed by atoms with Crippen LogP contribution in [-0.2, 0) is 14.3 Å². The number of carbonyl (C=O) groups is 1.